The van der Waals surface area contributed by atoms with Crippen molar-refractivity contribution >= 4 is 5.78 Å². The lowest BCUT2D eigenvalue weighted by Gasteiger charge is -2.40. The molecule has 1 aromatic rings. The molecule has 0 fully saturated rings. The lowest BCUT2D eigenvalue weighted by Crippen LogP contribution is -2.45. The van der Waals surface area contributed by atoms with Crippen LogP contribution in [-0.4, -0.2) is 5.78 Å². The maximum atomic E-state index is 12.4. The van der Waals surface area contributed by atoms with E-state index in [0.717, 1.165) is 5.56 Å². The molecular weight excluding hydrogens is 220 g/mol. The lowest BCUT2D eigenvalue weighted by atomic mass is 9.61. The molecule has 2 atom stereocenters. The molecule has 0 saturated heterocycles. The second-order valence-corrected chi connectivity index (χ2v) is 4.84. The van der Waals surface area contributed by atoms with E-state index >= 15 is 0 Å². The van der Waals surface area contributed by atoms with Crippen LogP contribution in [0, 0.1) is 11.8 Å². The third-order valence-corrected chi connectivity index (χ3v) is 3.98. The summed E-state index contributed by atoms with van der Waals surface area (Å²) in [5, 5.41) is 0. The minimum absolute atomic E-state index is 0.0606. The molecule has 96 valence electrons. The molecule has 0 saturated carbocycles. The van der Waals surface area contributed by atoms with E-state index in [1.807, 2.05) is 56.3 Å². The molecule has 0 heterocycles. The third kappa shape index (κ3) is 2.17. The Bertz CT molecular complexity index is 416. The Hall–Kier alpha value is -1.63. The van der Waals surface area contributed by atoms with E-state index in [9.17, 15) is 4.79 Å². The zero-order chi connectivity index (χ0) is 13.8. The molecule has 1 aromatic carbocycles. The molecule has 1 rings (SSSR count). The van der Waals surface area contributed by atoms with Crippen LogP contribution in [-0.2, 0) is 10.2 Å². The quantitative estimate of drug-likeness (QED) is 0.685. The van der Waals surface area contributed by atoms with E-state index in [1.165, 1.54) is 0 Å². The van der Waals surface area contributed by atoms with Gasteiger partial charge in [0, 0.05) is 0 Å². The van der Waals surface area contributed by atoms with E-state index < -0.39 is 5.41 Å². The van der Waals surface area contributed by atoms with Gasteiger partial charge < -0.3 is 0 Å². The van der Waals surface area contributed by atoms with E-state index in [-0.39, 0.29) is 17.6 Å². The summed E-state index contributed by atoms with van der Waals surface area (Å²) in [4.78, 5) is 12.4. The van der Waals surface area contributed by atoms with Gasteiger partial charge in [-0.15, -0.1) is 13.2 Å². The standard InChI is InChI=1S/C17H22O/c1-6-13(3)17(15(5)18,14(4)7-2)16-11-9-8-10-12-16/h6-14H,1-2H2,3-5H3. The van der Waals surface area contributed by atoms with Crippen LogP contribution in [0.3, 0.4) is 0 Å². The second kappa shape index (κ2) is 5.81. The zero-order valence-electron chi connectivity index (χ0n) is 11.5. The number of benzene rings is 1. The first-order valence-electron chi connectivity index (χ1n) is 6.33. The Morgan fingerprint density at radius 3 is 1.89 bits per heavy atom. The molecule has 0 aliphatic rings. The number of allylic oxidation sites excluding steroid dienone is 2. The molecular formula is C17H22O. The maximum absolute atomic E-state index is 12.4. The van der Waals surface area contributed by atoms with Crippen molar-refractivity contribution in [1.82, 2.24) is 0 Å². The summed E-state index contributed by atoms with van der Waals surface area (Å²) >= 11 is 0. The minimum Gasteiger partial charge on any atom is -0.299 e. The Morgan fingerprint density at radius 1 is 1.11 bits per heavy atom. The molecule has 0 amide bonds. The average Bonchev–Trinajstić information content (AvgIpc) is 2.39. The monoisotopic (exact) mass is 242 g/mol. The number of rotatable bonds is 6. The van der Waals surface area contributed by atoms with Crippen LogP contribution in [0.2, 0.25) is 0 Å². The van der Waals surface area contributed by atoms with Crippen molar-refractivity contribution in [3.8, 4) is 0 Å². The Kier molecular flexibility index (Phi) is 4.66. The second-order valence-electron chi connectivity index (χ2n) is 4.84. The molecule has 0 aromatic heterocycles. The Balaban J connectivity index is 3.53. The van der Waals surface area contributed by atoms with Gasteiger partial charge in [0.1, 0.15) is 5.78 Å². The van der Waals surface area contributed by atoms with Crippen molar-refractivity contribution in [2.45, 2.75) is 26.2 Å². The smallest absolute Gasteiger partial charge is 0.141 e. The molecule has 0 N–H and O–H groups in total. The molecule has 2 unspecified atom stereocenters. The Labute approximate surface area is 110 Å². The molecule has 0 spiro atoms. The highest BCUT2D eigenvalue weighted by Gasteiger charge is 2.44. The minimum atomic E-state index is -0.565. The summed E-state index contributed by atoms with van der Waals surface area (Å²) in [6.45, 7) is 13.5. The van der Waals surface area contributed by atoms with E-state index in [0.29, 0.717) is 0 Å². The van der Waals surface area contributed by atoms with Crippen LogP contribution in [0.1, 0.15) is 26.3 Å². The van der Waals surface area contributed by atoms with Gasteiger partial charge in [-0.3, -0.25) is 4.79 Å². The Morgan fingerprint density at radius 2 is 1.56 bits per heavy atom. The summed E-state index contributed by atoms with van der Waals surface area (Å²) < 4.78 is 0. The van der Waals surface area contributed by atoms with E-state index in [2.05, 4.69) is 13.2 Å². The van der Waals surface area contributed by atoms with Gasteiger partial charge in [0.25, 0.3) is 0 Å². The molecule has 0 bridgehead atoms. The molecule has 0 aliphatic carbocycles. The number of hydrogen-bond acceptors (Lipinski definition) is 1. The maximum Gasteiger partial charge on any atom is 0.141 e. The number of Topliss-reactive ketones (excluding diaryl/α,β-unsaturated/α-hetero) is 1. The van der Waals surface area contributed by atoms with Crippen molar-refractivity contribution in [3.05, 3.63) is 61.2 Å². The summed E-state index contributed by atoms with van der Waals surface area (Å²) in [5.41, 5.74) is 0.474. The molecule has 18 heavy (non-hydrogen) atoms. The van der Waals surface area contributed by atoms with Gasteiger partial charge in [0.05, 0.1) is 5.41 Å². The zero-order valence-corrected chi connectivity index (χ0v) is 11.5. The van der Waals surface area contributed by atoms with Gasteiger partial charge >= 0.3 is 0 Å². The topological polar surface area (TPSA) is 17.1 Å². The number of hydrogen-bond donors (Lipinski definition) is 0. The van der Waals surface area contributed by atoms with E-state index in [1.54, 1.807) is 6.92 Å². The lowest BCUT2D eigenvalue weighted by molar-refractivity contribution is -0.125. The fourth-order valence-electron chi connectivity index (χ4n) is 2.87. The number of carbonyl (C=O) groups excluding carboxylic acids is 1. The fourth-order valence-corrected chi connectivity index (χ4v) is 2.87. The SMILES string of the molecule is C=CC(C)C(C(C)=O)(c1ccccc1)C(C)C=C. The molecule has 0 aliphatic heterocycles. The van der Waals surface area contributed by atoms with Crippen molar-refractivity contribution in [3.63, 3.8) is 0 Å². The van der Waals surface area contributed by atoms with Crippen LogP contribution in [0.4, 0.5) is 0 Å². The van der Waals surface area contributed by atoms with Gasteiger partial charge in [0.2, 0.25) is 0 Å². The fraction of sp³-hybridized carbons (Fsp3) is 0.353. The molecule has 0 radical (unpaired) electrons. The van der Waals surface area contributed by atoms with Crippen molar-refractivity contribution in [2.75, 3.05) is 0 Å². The van der Waals surface area contributed by atoms with Crippen LogP contribution < -0.4 is 0 Å². The largest absolute Gasteiger partial charge is 0.299 e. The first-order valence-corrected chi connectivity index (χ1v) is 6.33. The predicted octanol–water partition coefficient (Wildman–Crippen LogP) is 4.16. The predicted molar refractivity (Wildman–Crippen MR) is 77.5 cm³/mol. The molecule has 1 nitrogen and oxygen atoms in total. The number of carbonyl (C=O) groups is 1. The van der Waals surface area contributed by atoms with Gasteiger partial charge in [-0.1, -0.05) is 56.3 Å². The third-order valence-electron chi connectivity index (χ3n) is 3.98. The van der Waals surface area contributed by atoms with Crippen LogP contribution in [0.15, 0.2) is 55.6 Å². The highest BCUT2D eigenvalue weighted by molar-refractivity contribution is 5.89. The van der Waals surface area contributed by atoms with E-state index in [4.69, 9.17) is 0 Å². The van der Waals surface area contributed by atoms with Crippen molar-refractivity contribution in [2.24, 2.45) is 11.8 Å². The van der Waals surface area contributed by atoms with Gasteiger partial charge in [-0.25, -0.2) is 0 Å². The summed E-state index contributed by atoms with van der Waals surface area (Å²) in [5.74, 6) is 0.282. The highest BCUT2D eigenvalue weighted by Crippen LogP contribution is 2.41. The van der Waals surface area contributed by atoms with Crippen LogP contribution >= 0.6 is 0 Å². The van der Waals surface area contributed by atoms with Crippen molar-refractivity contribution in [1.29, 1.82) is 0 Å². The summed E-state index contributed by atoms with van der Waals surface area (Å²) in [6, 6.07) is 9.94. The highest BCUT2D eigenvalue weighted by atomic mass is 16.1. The summed E-state index contributed by atoms with van der Waals surface area (Å²) in [7, 11) is 0. The first-order chi connectivity index (χ1) is 8.51. The van der Waals surface area contributed by atoms with Crippen molar-refractivity contribution < 1.29 is 4.79 Å². The van der Waals surface area contributed by atoms with Crippen LogP contribution in [0.25, 0.3) is 0 Å². The average molecular weight is 242 g/mol. The van der Waals surface area contributed by atoms with Crippen LogP contribution in [0.5, 0.6) is 0 Å². The van der Waals surface area contributed by atoms with Gasteiger partial charge in [0.15, 0.2) is 0 Å². The normalized spacial score (nSPS) is 17.3. The van der Waals surface area contributed by atoms with Gasteiger partial charge in [-0.2, -0.15) is 0 Å². The first kappa shape index (κ1) is 14.4. The summed E-state index contributed by atoms with van der Waals surface area (Å²) in [6.07, 6.45) is 3.71. The number of ketones is 1. The van der Waals surface area contributed by atoms with Gasteiger partial charge in [-0.05, 0) is 24.3 Å². The molecule has 1 heteroatoms.